The fourth-order valence-electron chi connectivity index (χ4n) is 4.21. The minimum atomic E-state index is -0.290. The Balaban J connectivity index is 1.54. The molecule has 3 rings (SSSR count). The third-order valence-corrected chi connectivity index (χ3v) is 5.51. The number of amides is 1. The van der Waals surface area contributed by atoms with E-state index in [0.717, 1.165) is 32.1 Å². The first-order valence-electron chi connectivity index (χ1n) is 8.92. The largest absolute Gasteiger partial charge is 0.393 e. The highest BCUT2D eigenvalue weighted by atomic mass is 16.5. The molecule has 0 unspecified atom stereocenters. The predicted octanol–water partition coefficient (Wildman–Crippen LogP) is 1.72. The molecule has 2 aliphatic carbocycles. The van der Waals surface area contributed by atoms with E-state index in [0.29, 0.717) is 19.8 Å². The van der Waals surface area contributed by atoms with Gasteiger partial charge in [-0.2, -0.15) is 0 Å². The van der Waals surface area contributed by atoms with Gasteiger partial charge in [-0.1, -0.05) is 25.7 Å². The van der Waals surface area contributed by atoms with Gasteiger partial charge >= 0.3 is 0 Å². The number of rotatable bonds is 4. The average Bonchev–Trinajstić information content (AvgIpc) is 2.99. The van der Waals surface area contributed by atoms with Crippen LogP contribution in [0.4, 0.5) is 0 Å². The molecule has 5 nitrogen and oxygen atoms in total. The van der Waals surface area contributed by atoms with E-state index >= 15 is 0 Å². The van der Waals surface area contributed by atoms with Crippen molar-refractivity contribution >= 4 is 5.91 Å². The molecule has 0 radical (unpaired) electrons. The summed E-state index contributed by atoms with van der Waals surface area (Å²) in [4.78, 5) is 14.5. The fraction of sp³-hybridized carbons (Fsp3) is 0.941. The summed E-state index contributed by atoms with van der Waals surface area (Å²) in [6.07, 6.45) is 8.74. The zero-order chi connectivity index (χ0) is 15.4. The third-order valence-electron chi connectivity index (χ3n) is 5.51. The zero-order valence-corrected chi connectivity index (χ0v) is 13.4. The number of carbonyl (C=O) groups excluding carboxylic acids is 1. The lowest BCUT2D eigenvalue weighted by atomic mass is 9.94. The van der Waals surface area contributed by atoms with Crippen molar-refractivity contribution in [1.29, 1.82) is 0 Å². The van der Waals surface area contributed by atoms with E-state index in [1.165, 1.54) is 19.3 Å². The maximum absolute atomic E-state index is 12.6. The van der Waals surface area contributed by atoms with Gasteiger partial charge in [-0.05, 0) is 25.7 Å². The van der Waals surface area contributed by atoms with Gasteiger partial charge < -0.3 is 19.5 Å². The lowest BCUT2D eigenvalue weighted by Gasteiger charge is -2.40. The van der Waals surface area contributed by atoms with Crippen LogP contribution in [0.2, 0.25) is 0 Å². The van der Waals surface area contributed by atoms with Gasteiger partial charge in [0.05, 0.1) is 31.5 Å². The summed E-state index contributed by atoms with van der Waals surface area (Å²) in [5.41, 5.74) is 0. The molecule has 1 aliphatic heterocycles. The molecular weight excluding hydrogens is 282 g/mol. The number of morpholine rings is 1. The summed E-state index contributed by atoms with van der Waals surface area (Å²) in [7, 11) is 0. The molecule has 0 aromatic heterocycles. The molecule has 0 aromatic carbocycles. The SMILES string of the molecule is O=C(COC1CCCCC1)N1CCOC[C@@H]1[C@H]1CCC[C@H]1O. The molecule has 5 heteroatoms. The molecule has 3 atom stereocenters. The molecule has 1 heterocycles. The Labute approximate surface area is 133 Å². The van der Waals surface area contributed by atoms with Crippen molar-refractivity contribution < 1.29 is 19.4 Å². The Bertz CT molecular complexity index is 370. The first-order chi connectivity index (χ1) is 10.8. The molecule has 0 spiro atoms. The van der Waals surface area contributed by atoms with Crippen LogP contribution in [0.25, 0.3) is 0 Å². The van der Waals surface area contributed by atoms with Crippen LogP contribution in [0.3, 0.4) is 0 Å². The maximum Gasteiger partial charge on any atom is 0.249 e. The van der Waals surface area contributed by atoms with Crippen molar-refractivity contribution in [3.63, 3.8) is 0 Å². The summed E-state index contributed by atoms with van der Waals surface area (Å²) < 4.78 is 11.4. The quantitative estimate of drug-likeness (QED) is 0.859. The highest BCUT2D eigenvalue weighted by molar-refractivity contribution is 5.78. The molecule has 126 valence electrons. The Hall–Kier alpha value is -0.650. The van der Waals surface area contributed by atoms with Crippen LogP contribution in [0.1, 0.15) is 51.4 Å². The van der Waals surface area contributed by atoms with E-state index in [2.05, 4.69) is 0 Å². The number of carbonyl (C=O) groups is 1. The molecule has 1 amide bonds. The average molecular weight is 311 g/mol. The fourth-order valence-corrected chi connectivity index (χ4v) is 4.21. The summed E-state index contributed by atoms with van der Waals surface area (Å²) in [6, 6.07) is 0.0219. The molecule has 0 aromatic rings. The van der Waals surface area contributed by atoms with Crippen LogP contribution in [0, 0.1) is 5.92 Å². The van der Waals surface area contributed by atoms with Crippen molar-refractivity contribution in [2.45, 2.75) is 69.6 Å². The van der Waals surface area contributed by atoms with Gasteiger partial charge in [0.25, 0.3) is 0 Å². The number of aliphatic hydroxyl groups excluding tert-OH is 1. The van der Waals surface area contributed by atoms with Crippen molar-refractivity contribution in [3.8, 4) is 0 Å². The van der Waals surface area contributed by atoms with E-state index < -0.39 is 0 Å². The van der Waals surface area contributed by atoms with Crippen molar-refractivity contribution in [1.82, 2.24) is 4.90 Å². The monoisotopic (exact) mass is 311 g/mol. The number of nitrogens with zero attached hydrogens (tertiary/aromatic N) is 1. The first kappa shape index (κ1) is 16.2. The Morgan fingerprint density at radius 2 is 1.95 bits per heavy atom. The van der Waals surface area contributed by atoms with Crippen molar-refractivity contribution in [2.24, 2.45) is 5.92 Å². The second-order valence-electron chi connectivity index (χ2n) is 6.96. The number of aliphatic hydroxyl groups is 1. The second-order valence-corrected chi connectivity index (χ2v) is 6.96. The summed E-state index contributed by atoms with van der Waals surface area (Å²) in [6.45, 7) is 1.95. The van der Waals surface area contributed by atoms with Gasteiger partial charge in [0, 0.05) is 12.5 Å². The Kier molecular flexibility index (Phi) is 5.71. The second kappa shape index (κ2) is 7.75. The predicted molar refractivity (Wildman–Crippen MR) is 82.5 cm³/mol. The molecule has 0 bridgehead atoms. The lowest BCUT2D eigenvalue weighted by molar-refractivity contribution is -0.151. The van der Waals surface area contributed by atoms with Gasteiger partial charge in [0.2, 0.25) is 5.91 Å². The zero-order valence-electron chi connectivity index (χ0n) is 13.4. The van der Waals surface area contributed by atoms with E-state index in [-0.39, 0.29) is 36.7 Å². The van der Waals surface area contributed by atoms with Gasteiger partial charge in [-0.3, -0.25) is 4.79 Å². The minimum absolute atomic E-state index is 0.0219. The highest BCUT2D eigenvalue weighted by Gasteiger charge is 2.39. The number of hydrogen-bond donors (Lipinski definition) is 1. The topological polar surface area (TPSA) is 59.0 Å². The van der Waals surface area contributed by atoms with Gasteiger partial charge in [-0.25, -0.2) is 0 Å². The van der Waals surface area contributed by atoms with Crippen LogP contribution in [-0.4, -0.2) is 60.5 Å². The number of hydrogen-bond acceptors (Lipinski definition) is 4. The molecular formula is C17H29NO4. The molecule has 3 fully saturated rings. The molecule has 22 heavy (non-hydrogen) atoms. The molecule has 2 saturated carbocycles. The van der Waals surface area contributed by atoms with Crippen LogP contribution >= 0.6 is 0 Å². The summed E-state index contributed by atoms with van der Waals surface area (Å²) >= 11 is 0. The highest BCUT2D eigenvalue weighted by Crippen LogP contribution is 2.32. The van der Waals surface area contributed by atoms with Crippen molar-refractivity contribution in [3.05, 3.63) is 0 Å². The van der Waals surface area contributed by atoms with E-state index in [1.807, 2.05) is 4.90 Å². The standard InChI is InChI=1S/C17H29NO4/c19-16-8-4-7-14(16)15-11-21-10-9-18(15)17(20)12-22-13-5-2-1-3-6-13/h13-16,19H,1-12H2/t14-,15-,16-/m1/s1. The first-order valence-corrected chi connectivity index (χ1v) is 8.92. The van der Waals surface area contributed by atoms with Gasteiger partial charge in [0.15, 0.2) is 0 Å². The van der Waals surface area contributed by atoms with E-state index in [4.69, 9.17) is 9.47 Å². The summed E-state index contributed by atoms with van der Waals surface area (Å²) in [5.74, 6) is 0.233. The van der Waals surface area contributed by atoms with Crippen LogP contribution in [0.5, 0.6) is 0 Å². The van der Waals surface area contributed by atoms with Crippen LogP contribution in [-0.2, 0) is 14.3 Å². The number of ether oxygens (including phenoxy) is 2. The van der Waals surface area contributed by atoms with Gasteiger partial charge in [-0.15, -0.1) is 0 Å². The molecule has 1 saturated heterocycles. The summed E-state index contributed by atoms with van der Waals surface area (Å²) in [5, 5.41) is 10.1. The maximum atomic E-state index is 12.6. The van der Waals surface area contributed by atoms with E-state index in [9.17, 15) is 9.90 Å². The lowest BCUT2D eigenvalue weighted by Crippen LogP contribution is -2.54. The third kappa shape index (κ3) is 3.81. The minimum Gasteiger partial charge on any atom is -0.393 e. The molecule has 3 aliphatic rings. The van der Waals surface area contributed by atoms with Crippen LogP contribution < -0.4 is 0 Å². The Morgan fingerprint density at radius 1 is 1.14 bits per heavy atom. The molecule has 1 N–H and O–H groups in total. The normalized spacial score (nSPS) is 34.0. The van der Waals surface area contributed by atoms with Crippen LogP contribution in [0.15, 0.2) is 0 Å². The van der Waals surface area contributed by atoms with E-state index in [1.54, 1.807) is 0 Å². The smallest absolute Gasteiger partial charge is 0.249 e. The van der Waals surface area contributed by atoms with Gasteiger partial charge in [0.1, 0.15) is 6.61 Å². The Morgan fingerprint density at radius 3 is 2.68 bits per heavy atom. The van der Waals surface area contributed by atoms with Crippen molar-refractivity contribution in [2.75, 3.05) is 26.4 Å².